The van der Waals surface area contributed by atoms with Gasteiger partial charge in [0.1, 0.15) is 12.4 Å². The molecule has 0 spiro atoms. The highest BCUT2D eigenvalue weighted by Gasteiger charge is 2.34. The molecule has 1 aliphatic carbocycles. The van der Waals surface area contributed by atoms with Gasteiger partial charge in [0.2, 0.25) is 10.0 Å². The summed E-state index contributed by atoms with van der Waals surface area (Å²) in [7, 11) is -3.21. The average molecular weight is 514 g/mol. The zero-order valence-corrected chi connectivity index (χ0v) is 21.5. The maximum atomic E-state index is 12.6. The van der Waals surface area contributed by atoms with Gasteiger partial charge in [0, 0.05) is 23.5 Å². The van der Waals surface area contributed by atoms with E-state index in [1.54, 1.807) is 4.31 Å². The van der Waals surface area contributed by atoms with Crippen molar-refractivity contribution in [2.45, 2.75) is 63.5 Å². The predicted octanol–water partition coefficient (Wildman–Crippen LogP) is 4.94. The number of ether oxygens (including phenoxy) is 1. The van der Waals surface area contributed by atoms with E-state index in [4.69, 9.17) is 22.1 Å². The van der Waals surface area contributed by atoms with Gasteiger partial charge in [-0.25, -0.2) is 8.42 Å². The van der Waals surface area contributed by atoms with Crippen LogP contribution in [-0.4, -0.2) is 43.7 Å². The molecule has 1 heterocycles. The number of sulfonamides is 1. The molecule has 8 heteroatoms. The Hall–Kier alpha value is -1.31. The quantitative estimate of drug-likeness (QED) is 0.543. The van der Waals surface area contributed by atoms with Gasteiger partial charge in [-0.05, 0) is 79.5 Å². The van der Waals surface area contributed by atoms with E-state index in [-0.39, 0.29) is 36.2 Å². The first-order chi connectivity index (χ1) is 15.4. The third kappa shape index (κ3) is 6.23. The van der Waals surface area contributed by atoms with Crippen LogP contribution in [0.1, 0.15) is 55.2 Å². The molecule has 33 heavy (non-hydrogen) atoms. The Kier molecular flexibility index (Phi) is 9.09. The number of nitrogens with zero attached hydrogens (tertiary/aromatic N) is 1. The van der Waals surface area contributed by atoms with Crippen molar-refractivity contribution in [2.24, 2.45) is 5.73 Å². The summed E-state index contributed by atoms with van der Waals surface area (Å²) in [6.07, 6.45) is 5.13. The van der Waals surface area contributed by atoms with Crippen molar-refractivity contribution in [3.8, 4) is 5.75 Å². The topological polar surface area (TPSA) is 72.6 Å². The van der Waals surface area contributed by atoms with Gasteiger partial charge in [0.25, 0.3) is 0 Å². The highest BCUT2D eigenvalue weighted by molar-refractivity contribution is 7.89. The molecule has 2 aliphatic rings. The van der Waals surface area contributed by atoms with Crippen LogP contribution in [0, 0.1) is 0 Å². The lowest BCUT2D eigenvalue weighted by Crippen LogP contribution is -2.40. The van der Waals surface area contributed by atoms with Gasteiger partial charge < -0.3 is 10.5 Å². The zero-order chi connectivity index (χ0) is 22.7. The van der Waals surface area contributed by atoms with Crippen molar-refractivity contribution in [1.29, 1.82) is 0 Å². The van der Waals surface area contributed by atoms with Gasteiger partial charge in [-0.2, -0.15) is 4.31 Å². The van der Waals surface area contributed by atoms with Gasteiger partial charge >= 0.3 is 0 Å². The number of hydrogen-bond acceptors (Lipinski definition) is 4. The Morgan fingerprint density at radius 2 is 2.00 bits per heavy atom. The van der Waals surface area contributed by atoms with Crippen LogP contribution in [0.4, 0.5) is 0 Å². The van der Waals surface area contributed by atoms with Crippen LogP contribution >= 0.6 is 24.0 Å². The lowest BCUT2D eigenvalue weighted by atomic mass is 9.76. The molecule has 2 aromatic carbocycles. The maximum Gasteiger partial charge on any atom is 0.214 e. The monoisotopic (exact) mass is 512 g/mol. The van der Waals surface area contributed by atoms with E-state index in [0.29, 0.717) is 19.6 Å². The van der Waals surface area contributed by atoms with Crippen molar-refractivity contribution in [3.05, 3.63) is 64.2 Å². The molecule has 1 saturated heterocycles. The summed E-state index contributed by atoms with van der Waals surface area (Å²) >= 11 is 6.19. The van der Waals surface area contributed by atoms with E-state index in [0.717, 1.165) is 42.9 Å². The lowest BCUT2D eigenvalue weighted by Gasteiger charge is -2.32. The third-order valence-corrected chi connectivity index (χ3v) is 9.06. The van der Waals surface area contributed by atoms with Gasteiger partial charge in [0.15, 0.2) is 0 Å². The molecule has 0 radical (unpaired) electrons. The fourth-order valence-corrected chi connectivity index (χ4v) is 7.07. The SMILES string of the molecule is CCCS(=O)(=O)N1CCC[C@@H]1COc1ccc2c(c1)C(Cc1cccc(Cl)c1)C(N)CC2.Cl. The smallest absolute Gasteiger partial charge is 0.214 e. The van der Waals surface area contributed by atoms with E-state index in [1.807, 2.05) is 31.2 Å². The van der Waals surface area contributed by atoms with Gasteiger partial charge in [-0.15, -0.1) is 12.4 Å². The van der Waals surface area contributed by atoms with Crippen LogP contribution in [0.15, 0.2) is 42.5 Å². The molecular weight excluding hydrogens is 479 g/mol. The van der Waals surface area contributed by atoms with Crippen molar-refractivity contribution in [2.75, 3.05) is 18.9 Å². The van der Waals surface area contributed by atoms with Crippen LogP contribution in [0.3, 0.4) is 0 Å². The number of fused-ring (bicyclic) bond motifs is 1. The second kappa shape index (κ2) is 11.4. The summed E-state index contributed by atoms with van der Waals surface area (Å²) in [6, 6.07) is 14.2. The molecule has 0 bridgehead atoms. The minimum atomic E-state index is -3.21. The highest BCUT2D eigenvalue weighted by atomic mass is 35.5. The summed E-state index contributed by atoms with van der Waals surface area (Å²) in [5.41, 5.74) is 10.3. The Labute approximate surface area is 209 Å². The number of aryl methyl sites for hydroxylation is 1. The standard InChI is InChI=1S/C25H33ClN2O3S.ClH/c1-2-13-32(29,30)28-12-4-7-21(28)17-31-22-10-8-19-9-11-25(27)24(23(19)16-22)15-18-5-3-6-20(26)14-18;/h3,5-6,8,10,14,16,21,24-25H,2,4,7,9,11-13,15,17,27H2,1H3;1H/t21-,24?,25?;/m1./s1. The van der Waals surface area contributed by atoms with Crippen LogP contribution in [0.25, 0.3) is 0 Å². The van der Waals surface area contributed by atoms with Crippen LogP contribution in [0.5, 0.6) is 5.75 Å². The largest absolute Gasteiger partial charge is 0.492 e. The van der Waals surface area contributed by atoms with Gasteiger partial charge in [-0.3, -0.25) is 0 Å². The Morgan fingerprint density at radius 3 is 2.76 bits per heavy atom. The number of nitrogens with two attached hydrogens (primary N) is 1. The van der Waals surface area contributed by atoms with Gasteiger partial charge in [0.05, 0.1) is 11.8 Å². The van der Waals surface area contributed by atoms with Crippen LogP contribution in [0.2, 0.25) is 5.02 Å². The van der Waals surface area contributed by atoms with E-state index >= 15 is 0 Å². The minimum absolute atomic E-state index is 0. The first kappa shape index (κ1) is 26.3. The van der Waals surface area contributed by atoms with Crippen LogP contribution < -0.4 is 10.5 Å². The minimum Gasteiger partial charge on any atom is -0.492 e. The van der Waals surface area contributed by atoms with Gasteiger partial charge in [-0.1, -0.05) is 36.7 Å². The van der Waals surface area contributed by atoms with Crippen LogP contribution in [-0.2, 0) is 22.9 Å². The molecule has 1 aliphatic heterocycles. The Balaban J connectivity index is 0.00000306. The second-order valence-corrected chi connectivity index (χ2v) is 11.5. The first-order valence-corrected chi connectivity index (χ1v) is 13.6. The van der Waals surface area contributed by atoms with Crippen molar-refractivity contribution < 1.29 is 13.2 Å². The van der Waals surface area contributed by atoms with Crippen molar-refractivity contribution in [1.82, 2.24) is 4.31 Å². The number of hydrogen-bond donors (Lipinski definition) is 1. The van der Waals surface area contributed by atoms with E-state index in [1.165, 1.54) is 16.7 Å². The first-order valence-electron chi connectivity index (χ1n) is 11.6. The van der Waals surface area contributed by atoms with Crippen molar-refractivity contribution >= 4 is 34.0 Å². The van der Waals surface area contributed by atoms with E-state index in [9.17, 15) is 8.42 Å². The summed E-state index contributed by atoms with van der Waals surface area (Å²) in [5.74, 6) is 1.19. The fraction of sp³-hybridized carbons (Fsp3) is 0.520. The summed E-state index contributed by atoms with van der Waals surface area (Å²) in [6.45, 7) is 2.88. The van der Waals surface area contributed by atoms with E-state index in [2.05, 4.69) is 18.2 Å². The number of rotatable bonds is 8. The summed E-state index contributed by atoms with van der Waals surface area (Å²) < 4.78 is 32.9. The number of halogens is 2. The summed E-state index contributed by atoms with van der Waals surface area (Å²) in [4.78, 5) is 0. The molecule has 5 nitrogen and oxygen atoms in total. The molecule has 0 aromatic heterocycles. The van der Waals surface area contributed by atoms with Crippen molar-refractivity contribution in [3.63, 3.8) is 0 Å². The second-order valence-electron chi connectivity index (χ2n) is 9.04. The molecule has 2 aromatic rings. The molecule has 0 saturated carbocycles. The highest BCUT2D eigenvalue weighted by Crippen LogP contribution is 2.36. The fourth-order valence-electron chi connectivity index (χ4n) is 5.08. The maximum absolute atomic E-state index is 12.6. The molecule has 2 N–H and O–H groups in total. The lowest BCUT2D eigenvalue weighted by molar-refractivity contribution is 0.232. The summed E-state index contributed by atoms with van der Waals surface area (Å²) in [5, 5.41) is 0.739. The number of benzene rings is 2. The molecule has 3 atom stereocenters. The third-order valence-electron chi connectivity index (χ3n) is 6.71. The Bertz CT molecular complexity index is 1050. The molecule has 1 fully saturated rings. The molecule has 2 unspecified atom stereocenters. The molecule has 0 amide bonds. The Morgan fingerprint density at radius 1 is 1.18 bits per heavy atom. The normalized spacial score (nSPS) is 23.1. The molecule has 4 rings (SSSR count). The zero-order valence-electron chi connectivity index (χ0n) is 19.1. The molecule has 182 valence electrons. The van der Waals surface area contributed by atoms with E-state index < -0.39 is 10.0 Å². The predicted molar refractivity (Wildman–Crippen MR) is 137 cm³/mol. The average Bonchev–Trinajstić information content (AvgIpc) is 3.24. The molecular formula is C25H34Cl2N2O3S.